The summed E-state index contributed by atoms with van der Waals surface area (Å²) >= 11 is 1.60. The molecular weight excluding hydrogens is 402 g/mol. The van der Waals surface area contributed by atoms with Crippen molar-refractivity contribution in [3.05, 3.63) is 64.1 Å². The Morgan fingerprint density at radius 1 is 1.23 bits per heavy atom. The van der Waals surface area contributed by atoms with Gasteiger partial charge in [0.1, 0.15) is 23.8 Å². The van der Waals surface area contributed by atoms with Crippen LogP contribution in [-0.4, -0.2) is 38.5 Å². The van der Waals surface area contributed by atoms with Gasteiger partial charge in [-0.3, -0.25) is 9.59 Å². The van der Waals surface area contributed by atoms with Crippen LogP contribution in [0.5, 0.6) is 0 Å². The van der Waals surface area contributed by atoms with Crippen LogP contribution >= 0.6 is 11.3 Å². The van der Waals surface area contributed by atoms with Crippen LogP contribution in [0.2, 0.25) is 0 Å². The number of amides is 2. The first-order valence-electron chi connectivity index (χ1n) is 9.38. The number of thiophene rings is 1. The first-order valence-corrected chi connectivity index (χ1v) is 10.3. The first-order chi connectivity index (χ1) is 14.4. The van der Waals surface area contributed by atoms with Crippen LogP contribution in [0.3, 0.4) is 0 Å². The molecule has 3 aromatic heterocycles. The predicted octanol–water partition coefficient (Wildman–Crippen LogP) is 3.61. The molecule has 0 aliphatic rings. The quantitative estimate of drug-likeness (QED) is 0.511. The SMILES string of the molecule is Cc1nc(C)n(CC(=O)Nc2ccc3oc(C(=O)N(C)Cc4cccs4)cc3c2)n1. The Balaban J connectivity index is 1.46. The Labute approximate surface area is 177 Å². The fourth-order valence-corrected chi connectivity index (χ4v) is 3.93. The number of benzene rings is 1. The Bertz CT molecular complexity index is 1210. The Hall–Kier alpha value is -3.46. The molecule has 9 heteroatoms. The van der Waals surface area contributed by atoms with Crippen molar-refractivity contribution in [1.82, 2.24) is 19.7 Å². The smallest absolute Gasteiger partial charge is 0.289 e. The van der Waals surface area contributed by atoms with Crippen molar-refractivity contribution in [1.29, 1.82) is 0 Å². The number of furan rings is 1. The van der Waals surface area contributed by atoms with E-state index in [2.05, 4.69) is 15.4 Å². The fraction of sp³-hybridized carbons (Fsp3) is 0.238. The van der Waals surface area contributed by atoms with Crippen molar-refractivity contribution in [3.8, 4) is 0 Å². The number of nitrogens with one attached hydrogen (secondary N) is 1. The van der Waals surface area contributed by atoms with Gasteiger partial charge in [-0.25, -0.2) is 9.67 Å². The maximum Gasteiger partial charge on any atom is 0.289 e. The van der Waals surface area contributed by atoms with Gasteiger partial charge in [-0.15, -0.1) is 11.3 Å². The standard InChI is InChI=1S/C21H21N5O3S/c1-13-22-14(2)26(24-13)12-20(27)23-16-6-7-18-15(9-16)10-19(29-18)21(28)25(3)11-17-5-4-8-30-17/h4-10H,11-12H2,1-3H3,(H,23,27). The average Bonchev–Trinajstić information content (AvgIpc) is 3.41. The third kappa shape index (κ3) is 4.25. The number of rotatable bonds is 6. The summed E-state index contributed by atoms with van der Waals surface area (Å²) in [5.41, 5.74) is 1.21. The molecule has 8 nitrogen and oxygen atoms in total. The number of fused-ring (bicyclic) bond motifs is 1. The highest BCUT2D eigenvalue weighted by atomic mass is 32.1. The minimum absolute atomic E-state index is 0.0767. The second-order valence-electron chi connectivity index (χ2n) is 7.02. The third-order valence-electron chi connectivity index (χ3n) is 4.59. The summed E-state index contributed by atoms with van der Waals surface area (Å²) in [5, 5.41) is 9.77. The van der Waals surface area contributed by atoms with Gasteiger partial charge in [0.2, 0.25) is 5.91 Å². The maximum atomic E-state index is 12.7. The highest BCUT2D eigenvalue weighted by Crippen LogP contribution is 2.24. The largest absolute Gasteiger partial charge is 0.451 e. The molecule has 2 amide bonds. The van der Waals surface area contributed by atoms with Gasteiger partial charge in [-0.1, -0.05) is 6.07 Å². The summed E-state index contributed by atoms with van der Waals surface area (Å²) in [5.74, 6) is 1.17. The Kier molecular flexibility index (Phi) is 5.37. The van der Waals surface area contributed by atoms with Crippen molar-refractivity contribution < 1.29 is 14.0 Å². The first kappa shape index (κ1) is 19.8. The van der Waals surface area contributed by atoms with Crippen molar-refractivity contribution in [2.45, 2.75) is 26.9 Å². The summed E-state index contributed by atoms with van der Waals surface area (Å²) in [6.45, 7) is 4.19. The van der Waals surface area contributed by atoms with Gasteiger partial charge in [0.05, 0.1) is 6.54 Å². The molecule has 4 rings (SSSR count). The number of anilines is 1. The number of aromatic nitrogens is 3. The summed E-state index contributed by atoms with van der Waals surface area (Å²) < 4.78 is 7.28. The second kappa shape index (κ2) is 8.11. The summed E-state index contributed by atoms with van der Waals surface area (Å²) in [7, 11) is 1.74. The van der Waals surface area contributed by atoms with E-state index in [1.54, 1.807) is 66.1 Å². The number of aryl methyl sites for hydroxylation is 2. The number of carbonyl (C=O) groups is 2. The molecule has 154 valence electrons. The molecule has 3 heterocycles. The van der Waals surface area contributed by atoms with E-state index in [4.69, 9.17) is 4.42 Å². The van der Waals surface area contributed by atoms with Gasteiger partial charge >= 0.3 is 0 Å². The molecule has 0 aliphatic heterocycles. The van der Waals surface area contributed by atoms with E-state index in [0.29, 0.717) is 29.5 Å². The van der Waals surface area contributed by atoms with Crippen molar-refractivity contribution in [2.24, 2.45) is 0 Å². The van der Waals surface area contributed by atoms with E-state index in [1.165, 1.54) is 0 Å². The van der Waals surface area contributed by atoms with Gasteiger partial charge in [-0.05, 0) is 49.6 Å². The number of nitrogens with zero attached hydrogens (tertiary/aromatic N) is 4. The van der Waals surface area contributed by atoms with Crippen LogP contribution in [0.25, 0.3) is 11.0 Å². The zero-order chi connectivity index (χ0) is 21.3. The highest BCUT2D eigenvalue weighted by Gasteiger charge is 2.18. The molecule has 30 heavy (non-hydrogen) atoms. The van der Waals surface area contributed by atoms with Crippen LogP contribution in [0.1, 0.15) is 27.1 Å². The lowest BCUT2D eigenvalue weighted by Crippen LogP contribution is -2.25. The lowest BCUT2D eigenvalue weighted by molar-refractivity contribution is -0.116. The van der Waals surface area contributed by atoms with E-state index in [9.17, 15) is 9.59 Å². The summed E-state index contributed by atoms with van der Waals surface area (Å²) in [6.07, 6.45) is 0. The van der Waals surface area contributed by atoms with E-state index in [-0.39, 0.29) is 24.1 Å². The zero-order valence-electron chi connectivity index (χ0n) is 16.9. The molecule has 0 spiro atoms. The minimum atomic E-state index is -0.210. The van der Waals surface area contributed by atoms with E-state index >= 15 is 0 Å². The molecule has 1 N–H and O–H groups in total. The average molecular weight is 423 g/mol. The van der Waals surface area contributed by atoms with Crippen molar-refractivity contribution >= 4 is 39.8 Å². The minimum Gasteiger partial charge on any atom is -0.451 e. The molecule has 0 saturated heterocycles. The summed E-state index contributed by atoms with van der Waals surface area (Å²) in [6, 6.07) is 10.9. The summed E-state index contributed by atoms with van der Waals surface area (Å²) in [4.78, 5) is 32.0. The molecular formula is C21H21N5O3S. The van der Waals surface area contributed by atoms with Gasteiger partial charge < -0.3 is 14.6 Å². The van der Waals surface area contributed by atoms with Gasteiger partial charge in [0, 0.05) is 23.0 Å². The van der Waals surface area contributed by atoms with Gasteiger partial charge in [0.15, 0.2) is 5.76 Å². The Morgan fingerprint density at radius 3 is 2.77 bits per heavy atom. The molecule has 0 atom stereocenters. The highest BCUT2D eigenvalue weighted by molar-refractivity contribution is 7.09. The van der Waals surface area contributed by atoms with E-state index < -0.39 is 0 Å². The molecule has 0 unspecified atom stereocenters. The molecule has 0 bridgehead atoms. The maximum absolute atomic E-state index is 12.7. The topological polar surface area (TPSA) is 93.3 Å². The van der Waals surface area contributed by atoms with Gasteiger partial charge in [0.25, 0.3) is 5.91 Å². The van der Waals surface area contributed by atoms with Crippen LogP contribution in [-0.2, 0) is 17.9 Å². The molecule has 1 aromatic carbocycles. The lowest BCUT2D eigenvalue weighted by Gasteiger charge is -2.14. The monoisotopic (exact) mass is 423 g/mol. The molecule has 0 radical (unpaired) electrons. The second-order valence-corrected chi connectivity index (χ2v) is 8.05. The molecule has 0 fully saturated rings. The van der Waals surface area contributed by atoms with Crippen LogP contribution in [0.15, 0.2) is 46.2 Å². The van der Waals surface area contributed by atoms with Crippen molar-refractivity contribution in [3.63, 3.8) is 0 Å². The number of hydrogen-bond acceptors (Lipinski definition) is 6. The van der Waals surface area contributed by atoms with Gasteiger partial charge in [-0.2, -0.15) is 5.10 Å². The predicted molar refractivity (Wildman–Crippen MR) is 114 cm³/mol. The zero-order valence-corrected chi connectivity index (χ0v) is 17.7. The number of hydrogen-bond donors (Lipinski definition) is 1. The van der Waals surface area contributed by atoms with Crippen LogP contribution < -0.4 is 5.32 Å². The lowest BCUT2D eigenvalue weighted by atomic mass is 10.2. The van der Waals surface area contributed by atoms with Crippen LogP contribution in [0, 0.1) is 13.8 Å². The molecule has 0 aliphatic carbocycles. The fourth-order valence-electron chi connectivity index (χ4n) is 3.17. The Morgan fingerprint density at radius 2 is 2.07 bits per heavy atom. The third-order valence-corrected chi connectivity index (χ3v) is 5.45. The molecule has 0 saturated carbocycles. The normalized spacial score (nSPS) is 11.0. The van der Waals surface area contributed by atoms with E-state index in [1.807, 2.05) is 17.5 Å². The number of carbonyl (C=O) groups excluding carboxylic acids is 2. The van der Waals surface area contributed by atoms with E-state index in [0.717, 1.165) is 10.3 Å². The molecule has 4 aromatic rings. The van der Waals surface area contributed by atoms with Crippen LogP contribution in [0.4, 0.5) is 5.69 Å². The van der Waals surface area contributed by atoms with Crippen molar-refractivity contribution in [2.75, 3.05) is 12.4 Å².